The van der Waals surface area contributed by atoms with Crippen LogP contribution in [0.1, 0.15) is 37.7 Å². The molecule has 2 nitrogen and oxygen atoms in total. The highest BCUT2D eigenvalue weighted by atomic mass is 16.5. The second-order valence-electron chi connectivity index (χ2n) is 7.52. The molecule has 108 valence electrons. The zero-order valence-electron chi connectivity index (χ0n) is 12.3. The third kappa shape index (κ3) is 1.88. The van der Waals surface area contributed by atoms with Crippen molar-refractivity contribution in [3.8, 4) is 5.75 Å². The summed E-state index contributed by atoms with van der Waals surface area (Å²) < 4.78 is 5.26. The number of nitrogens with two attached hydrogens (primary N) is 1. The molecule has 1 aromatic rings. The summed E-state index contributed by atoms with van der Waals surface area (Å²) in [4.78, 5) is 0. The van der Waals surface area contributed by atoms with Gasteiger partial charge < -0.3 is 10.5 Å². The second kappa shape index (κ2) is 4.49. The molecule has 20 heavy (non-hydrogen) atoms. The zero-order valence-corrected chi connectivity index (χ0v) is 12.3. The molecular formula is C18H25NO. The summed E-state index contributed by atoms with van der Waals surface area (Å²) in [6.45, 7) is 0. The highest BCUT2D eigenvalue weighted by Gasteiger charge is 2.55. The Balaban J connectivity index is 1.60. The first-order chi connectivity index (χ1) is 9.68. The number of hydrogen-bond donors (Lipinski definition) is 1. The van der Waals surface area contributed by atoms with Gasteiger partial charge in [-0.05, 0) is 79.4 Å². The van der Waals surface area contributed by atoms with Crippen LogP contribution in [0.3, 0.4) is 0 Å². The minimum atomic E-state index is 0.392. The van der Waals surface area contributed by atoms with Crippen LogP contribution < -0.4 is 10.5 Å². The van der Waals surface area contributed by atoms with Crippen molar-refractivity contribution < 1.29 is 4.74 Å². The zero-order chi connectivity index (χ0) is 13.7. The van der Waals surface area contributed by atoms with Crippen molar-refractivity contribution in [1.82, 2.24) is 0 Å². The van der Waals surface area contributed by atoms with Crippen molar-refractivity contribution in [3.63, 3.8) is 0 Å². The van der Waals surface area contributed by atoms with Gasteiger partial charge in [0.25, 0.3) is 0 Å². The predicted octanol–water partition coefficient (Wildman–Crippen LogP) is 3.39. The van der Waals surface area contributed by atoms with E-state index in [1.165, 1.54) is 44.1 Å². The van der Waals surface area contributed by atoms with Gasteiger partial charge >= 0.3 is 0 Å². The van der Waals surface area contributed by atoms with Crippen molar-refractivity contribution in [2.45, 2.75) is 44.6 Å². The third-order valence-electron chi connectivity index (χ3n) is 6.26. The quantitative estimate of drug-likeness (QED) is 0.914. The summed E-state index contributed by atoms with van der Waals surface area (Å²) >= 11 is 0. The summed E-state index contributed by atoms with van der Waals surface area (Å²) in [5.41, 5.74) is 8.51. The molecule has 0 aliphatic heterocycles. The monoisotopic (exact) mass is 271 g/mol. The van der Waals surface area contributed by atoms with E-state index in [0.717, 1.165) is 23.5 Å². The Hall–Kier alpha value is -1.02. The van der Waals surface area contributed by atoms with E-state index in [-0.39, 0.29) is 0 Å². The molecular weight excluding hydrogens is 246 g/mol. The lowest BCUT2D eigenvalue weighted by Crippen LogP contribution is -2.60. The Bertz CT molecular complexity index is 481. The first-order valence-electron chi connectivity index (χ1n) is 8.07. The first kappa shape index (κ1) is 12.7. The van der Waals surface area contributed by atoms with Gasteiger partial charge in [-0.25, -0.2) is 0 Å². The lowest BCUT2D eigenvalue weighted by molar-refractivity contribution is -0.0714. The first-order valence-corrected chi connectivity index (χ1v) is 8.07. The normalized spacial score (nSPS) is 41.9. The van der Waals surface area contributed by atoms with Gasteiger partial charge in [-0.1, -0.05) is 12.1 Å². The summed E-state index contributed by atoms with van der Waals surface area (Å²) in [5.74, 6) is 3.68. The number of rotatable bonds is 3. The maximum absolute atomic E-state index is 6.68. The minimum absolute atomic E-state index is 0.392. The van der Waals surface area contributed by atoms with Gasteiger partial charge in [0.15, 0.2) is 0 Å². The van der Waals surface area contributed by atoms with E-state index in [9.17, 15) is 0 Å². The average molecular weight is 271 g/mol. The molecule has 4 aliphatic carbocycles. The fraction of sp³-hybridized carbons (Fsp3) is 0.667. The van der Waals surface area contributed by atoms with Crippen LogP contribution in [0.15, 0.2) is 24.3 Å². The SMILES string of the molecule is COc1ccc(CC23C[C@@H]4CC(C[C@@H](C4)C2)C3N)cc1. The van der Waals surface area contributed by atoms with Gasteiger partial charge in [0.2, 0.25) is 0 Å². The van der Waals surface area contributed by atoms with Crippen molar-refractivity contribution in [2.75, 3.05) is 7.11 Å². The summed E-state index contributed by atoms with van der Waals surface area (Å²) in [5, 5.41) is 0. The van der Waals surface area contributed by atoms with Crippen LogP contribution in [0.2, 0.25) is 0 Å². The Kier molecular flexibility index (Phi) is 2.85. The topological polar surface area (TPSA) is 35.2 Å². The van der Waals surface area contributed by atoms with Gasteiger partial charge in [-0.15, -0.1) is 0 Å². The number of hydrogen-bond acceptors (Lipinski definition) is 2. The second-order valence-corrected chi connectivity index (χ2v) is 7.52. The van der Waals surface area contributed by atoms with Crippen LogP contribution in [-0.4, -0.2) is 13.2 Å². The van der Waals surface area contributed by atoms with Crippen LogP contribution in [0.5, 0.6) is 5.75 Å². The molecule has 4 bridgehead atoms. The smallest absolute Gasteiger partial charge is 0.118 e. The highest BCUT2D eigenvalue weighted by Crippen LogP contribution is 2.60. The van der Waals surface area contributed by atoms with Crippen LogP contribution in [-0.2, 0) is 6.42 Å². The summed E-state index contributed by atoms with van der Waals surface area (Å²) in [6, 6.07) is 9.05. The largest absolute Gasteiger partial charge is 0.497 e. The van der Waals surface area contributed by atoms with Crippen LogP contribution in [0.4, 0.5) is 0 Å². The van der Waals surface area contributed by atoms with Gasteiger partial charge in [0.05, 0.1) is 7.11 Å². The van der Waals surface area contributed by atoms with Crippen LogP contribution in [0.25, 0.3) is 0 Å². The molecule has 0 spiro atoms. The number of ether oxygens (including phenoxy) is 1. The van der Waals surface area contributed by atoms with Crippen LogP contribution in [0, 0.1) is 23.2 Å². The Labute approximate surface area is 121 Å². The van der Waals surface area contributed by atoms with Gasteiger partial charge in [0, 0.05) is 6.04 Å². The molecule has 2 N–H and O–H groups in total. The number of benzene rings is 1. The van der Waals surface area contributed by atoms with Gasteiger partial charge in [-0.3, -0.25) is 0 Å². The molecule has 3 unspecified atom stereocenters. The van der Waals surface area contributed by atoms with Gasteiger partial charge in [-0.2, -0.15) is 0 Å². The molecule has 0 heterocycles. The molecule has 1 aromatic carbocycles. The van der Waals surface area contributed by atoms with Crippen molar-refractivity contribution in [3.05, 3.63) is 29.8 Å². The van der Waals surface area contributed by atoms with E-state index in [2.05, 4.69) is 24.3 Å². The maximum Gasteiger partial charge on any atom is 0.118 e. The van der Waals surface area contributed by atoms with Gasteiger partial charge in [0.1, 0.15) is 5.75 Å². The third-order valence-corrected chi connectivity index (χ3v) is 6.26. The van der Waals surface area contributed by atoms with Crippen LogP contribution >= 0.6 is 0 Å². The molecule has 0 saturated heterocycles. The lowest BCUT2D eigenvalue weighted by Gasteiger charge is -2.60. The summed E-state index contributed by atoms with van der Waals surface area (Å²) in [7, 11) is 1.73. The molecule has 2 heteroatoms. The Morgan fingerprint density at radius 1 is 1.10 bits per heavy atom. The Morgan fingerprint density at radius 2 is 1.75 bits per heavy atom. The van der Waals surface area contributed by atoms with E-state index >= 15 is 0 Å². The molecule has 4 aliphatic rings. The van der Waals surface area contributed by atoms with E-state index in [4.69, 9.17) is 10.5 Å². The molecule has 4 fully saturated rings. The predicted molar refractivity (Wildman–Crippen MR) is 80.7 cm³/mol. The fourth-order valence-electron chi connectivity index (χ4n) is 5.66. The highest BCUT2D eigenvalue weighted by molar-refractivity contribution is 5.29. The van der Waals surface area contributed by atoms with Crippen molar-refractivity contribution in [1.29, 1.82) is 0 Å². The molecule has 5 atom stereocenters. The van der Waals surface area contributed by atoms with Crippen molar-refractivity contribution in [2.24, 2.45) is 28.9 Å². The maximum atomic E-state index is 6.68. The molecule has 0 aromatic heterocycles. The summed E-state index contributed by atoms with van der Waals surface area (Å²) in [6.07, 6.45) is 8.19. The van der Waals surface area contributed by atoms with E-state index < -0.39 is 0 Å². The van der Waals surface area contributed by atoms with E-state index in [1.54, 1.807) is 7.11 Å². The molecule has 0 radical (unpaired) electrons. The standard InChI is InChI=1S/C18H25NO/c1-20-16-4-2-12(3-5-16)9-18-10-13-6-14(11-18)8-15(7-13)17(18)19/h2-5,13-15,17H,6-11,19H2,1H3/t13-,14+,15?,17?,18?. The molecule has 0 amide bonds. The molecule has 4 saturated carbocycles. The Morgan fingerprint density at radius 3 is 2.35 bits per heavy atom. The van der Waals surface area contributed by atoms with Crippen molar-refractivity contribution >= 4 is 0 Å². The van der Waals surface area contributed by atoms with E-state index in [1.807, 2.05) is 0 Å². The lowest BCUT2D eigenvalue weighted by atomic mass is 9.46. The fourth-order valence-corrected chi connectivity index (χ4v) is 5.66. The molecule has 5 rings (SSSR count). The van der Waals surface area contributed by atoms with E-state index in [0.29, 0.717) is 11.5 Å². The number of methoxy groups -OCH3 is 1. The average Bonchev–Trinajstić information content (AvgIpc) is 2.44. The minimum Gasteiger partial charge on any atom is -0.497 e.